The van der Waals surface area contributed by atoms with Crippen molar-refractivity contribution in [2.45, 2.75) is 33.2 Å². The first-order valence-electron chi connectivity index (χ1n) is 5.60. The third kappa shape index (κ3) is 3.18. The molecule has 4 heteroatoms. The Morgan fingerprint density at radius 3 is 2.80 bits per heavy atom. The number of hydrogen-bond acceptors (Lipinski definition) is 4. The van der Waals surface area contributed by atoms with Crippen molar-refractivity contribution in [2.75, 3.05) is 25.0 Å². The van der Waals surface area contributed by atoms with Gasteiger partial charge in [0.2, 0.25) is 0 Å². The Hall–Kier alpha value is -0.610. The van der Waals surface area contributed by atoms with Crippen molar-refractivity contribution in [2.24, 2.45) is 0 Å². The Labute approximate surface area is 96.5 Å². The molecule has 0 aliphatic heterocycles. The molecular formula is C11H21N3S. The van der Waals surface area contributed by atoms with E-state index in [-0.39, 0.29) is 0 Å². The zero-order valence-corrected chi connectivity index (χ0v) is 10.9. The maximum Gasteiger partial charge on any atom is 0.185 e. The Balaban J connectivity index is 2.72. The van der Waals surface area contributed by atoms with Gasteiger partial charge in [-0.3, -0.25) is 0 Å². The third-order valence-corrected chi connectivity index (χ3v) is 3.76. The molecule has 1 N–H and O–H groups in total. The van der Waals surface area contributed by atoms with E-state index in [2.05, 4.69) is 36.0 Å². The number of nitrogens with one attached hydrogen (secondary N) is 1. The molecule has 0 aliphatic rings. The van der Waals surface area contributed by atoms with Gasteiger partial charge in [-0.25, -0.2) is 4.98 Å². The highest BCUT2D eigenvalue weighted by atomic mass is 32.1. The van der Waals surface area contributed by atoms with Crippen molar-refractivity contribution in [1.29, 1.82) is 0 Å². The quantitative estimate of drug-likeness (QED) is 0.810. The number of thiazole rings is 1. The SMILES string of the molecule is CCCN(CC)c1ncc(C(C)NC)s1. The molecule has 3 nitrogen and oxygen atoms in total. The van der Waals surface area contributed by atoms with Crippen LogP contribution in [-0.2, 0) is 0 Å². The van der Waals surface area contributed by atoms with Gasteiger partial charge in [-0.1, -0.05) is 6.92 Å². The summed E-state index contributed by atoms with van der Waals surface area (Å²) in [5.41, 5.74) is 0. The fourth-order valence-corrected chi connectivity index (χ4v) is 2.49. The topological polar surface area (TPSA) is 28.2 Å². The first-order chi connectivity index (χ1) is 7.22. The summed E-state index contributed by atoms with van der Waals surface area (Å²) >= 11 is 1.79. The van der Waals surface area contributed by atoms with Gasteiger partial charge in [0.1, 0.15) is 0 Å². The molecule has 0 spiro atoms. The molecule has 1 aromatic heterocycles. The standard InChI is InChI=1S/C11H21N3S/c1-5-7-14(6-2)11-13-8-10(15-11)9(3)12-4/h8-9,12H,5-7H2,1-4H3. The zero-order valence-electron chi connectivity index (χ0n) is 10.1. The number of aromatic nitrogens is 1. The average Bonchev–Trinajstić information content (AvgIpc) is 2.73. The Morgan fingerprint density at radius 1 is 1.53 bits per heavy atom. The first kappa shape index (κ1) is 12.5. The first-order valence-corrected chi connectivity index (χ1v) is 6.42. The minimum Gasteiger partial charge on any atom is -0.348 e. The van der Waals surface area contributed by atoms with E-state index in [0.717, 1.165) is 18.2 Å². The average molecular weight is 227 g/mol. The highest BCUT2D eigenvalue weighted by molar-refractivity contribution is 7.15. The lowest BCUT2D eigenvalue weighted by atomic mass is 10.3. The lowest BCUT2D eigenvalue weighted by Crippen LogP contribution is -2.22. The second-order valence-corrected chi connectivity index (χ2v) is 4.68. The van der Waals surface area contributed by atoms with Crippen molar-refractivity contribution in [3.63, 3.8) is 0 Å². The van der Waals surface area contributed by atoms with Crippen molar-refractivity contribution < 1.29 is 0 Å². The molecule has 1 rings (SSSR count). The van der Waals surface area contributed by atoms with Gasteiger partial charge in [-0.05, 0) is 27.3 Å². The van der Waals surface area contributed by atoms with Crippen LogP contribution in [0.15, 0.2) is 6.20 Å². The van der Waals surface area contributed by atoms with Gasteiger partial charge >= 0.3 is 0 Å². The highest BCUT2D eigenvalue weighted by Crippen LogP contribution is 2.26. The highest BCUT2D eigenvalue weighted by Gasteiger charge is 2.11. The number of nitrogens with zero attached hydrogens (tertiary/aromatic N) is 2. The smallest absolute Gasteiger partial charge is 0.185 e. The molecule has 0 amide bonds. The van der Waals surface area contributed by atoms with Crippen LogP contribution in [0, 0.1) is 0 Å². The molecule has 0 fully saturated rings. The second-order valence-electron chi connectivity index (χ2n) is 3.64. The van der Waals surface area contributed by atoms with Crippen molar-refractivity contribution in [1.82, 2.24) is 10.3 Å². The van der Waals surface area contributed by atoms with E-state index in [1.807, 2.05) is 13.2 Å². The summed E-state index contributed by atoms with van der Waals surface area (Å²) in [7, 11) is 1.98. The van der Waals surface area contributed by atoms with E-state index in [1.165, 1.54) is 11.3 Å². The van der Waals surface area contributed by atoms with Crippen LogP contribution >= 0.6 is 11.3 Å². The van der Waals surface area contributed by atoms with Crippen LogP contribution in [0.25, 0.3) is 0 Å². The number of anilines is 1. The Morgan fingerprint density at radius 2 is 2.27 bits per heavy atom. The molecule has 0 aromatic carbocycles. The molecule has 0 saturated heterocycles. The summed E-state index contributed by atoms with van der Waals surface area (Å²) in [5.74, 6) is 0. The molecule has 1 heterocycles. The fraction of sp³-hybridized carbons (Fsp3) is 0.727. The number of hydrogen-bond donors (Lipinski definition) is 1. The lowest BCUT2D eigenvalue weighted by Gasteiger charge is -2.18. The molecular weight excluding hydrogens is 206 g/mol. The summed E-state index contributed by atoms with van der Waals surface area (Å²) in [5, 5.41) is 4.38. The van der Waals surface area contributed by atoms with Crippen LogP contribution in [0.2, 0.25) is 0 Å². The zero-order chi connectivity index (χ0) is 11.3. The summed E-state index contributed by atoms with van der Waals surface area (Å²) in [4.78, 5) is 8.12. The third-order valence-electron chi connectivity index (χ3n) is 2.52. The summed E-state index contributed by atoms with van der Waals surface area (Å²) in [6.45, 7) is 8.67. The summed E-state index contributed by atoms with van der Waals surface area (Å²) < 4.78 is 0. The van der Waals surface area contributed by atoms with Gasteiger partial charge in [0.25, 0.3) is 0 Å². The minimum absolute atomic E-state index is 0.400. The van der Waals surface area contributed by atoms with E-state index < -0.39 is 0 Å². The molecule has 0 bridgehead atoms. The molecule has 0 saturated carbocycles. The van der Waals surface area contributed by atoms with Crippen molar-refractivity contribution in [3.05, 3.63) is 11.1 Å². The van der Waals surface area contributed by atoms with E-state index in [1.54, 1.807) is 11.3 Å². The maximum absolute atomic E-state index is 4.48. The van der Waals surface area contributed by atoms with E-state index >= 15 is 0 Å². The van der Waals surface area contributed by atoms with Crippen LogP contribution < -0.4 is 10.2 Å². The number of rotatable bonds is 6. The Kier molecular flexibility index (Phi) is 5.05. The van der Waals surface area contributed by atoms with E-state index in [4.69, 9.17) is 0 Å². The minimum atomic E-state index is 0.400. The van der Waals surface area contributed by atoms with Crippen LogP contribution in [0.3, 0.4) is 0 Å². The fourth-order valence-electron chi connectivity index (χ4n) is 1.42. The van der Waals surface area contributed by atoms with Gasteiger partial charge in [0.05, 0.1) is 0 Å². The van der Waals surface area contributed by atoms with E-state index in [0.29, 0.717) is 6.04 Å². The molecule has 1 unspecified atom stereocenters. The largest absolute Gasteiger partial charge is 0.348 e. The lowest BCUT2D eigenvalue weighted by molar-refractivity contribution is 0.662. The molecule has 1 aromatic rings. The summed E-state index contributed by atoms with van der Waals surface area (Å²) in [6.07, 6.45) is 3.16. The van der Waals surface area contributed by atoms with Crippen LogP contribution in [0.4, 0.5) is 5.13 Å². The van der Waals surface area contributed by atoms with Crippen LogP contribution in [0.1, 0.15) is 38.1 Å². The van der Waals surface area contributed by atoms with Crippen LogP contribution in [0.5, 0.6) is 0 Å². The van der Waals surface area contributed by atoms with Crippen LogP contribution in [-0.4, -0.2) is 25.1 Å². The molecule has 1 atom stereocenters. The summed E-state index contributed by atoms with van der Waals surface area (Å²) in [6, 6.07) is 0.400. The Bertz CT molecular complexity index is 285. The van der Waals surface area contributed by atoms with E-state index in [9.17, 15) is 0 Å². The maximum atomic E-state index is 4.48. The van der Waals surface area contributed by atoms with Gasteiger partial charge in [-0.15, -0.1) is 11.3 Å². The molecule has 0 aliphatic carbocycles. The second kappa shape index (κ2) is 6.08. The predicted octanol–water partition coefficient (Wildman–Crippen LogP) is 2.66. The van der Waals surface area contributed by atoms with Gasteiger partial charge in [0, 0.05) is 30.2 Å². The van der Waals surface area contributed by atoms with Gasteiger partial charge in [0.15, 0.2) is 5.13 Å². The normalized spacial score (nSPS) is 12.8. The molecule has 0 radical (unpaired) electrons. The molecule has 15 heavy (non-hydrogen) atoms. The monoisotopic (exact) mass is 227 g/mol. The molecule has 86 valence electrons. The van der Waals surface area contributed by atoms with Crippen molar-refractivity contribution in [3.8, 4) is 0 Å². The van der Waals surface area contributed by atoms with Gasteiger partial charge in [-0.2, -0.15) is 0 Å². The van der Waals surface area contributed by atoms with Crippen molar-refractivity contribution >= 4 is 16.5 Å². The van der Waals surface area contributed by atoms with Gasteiger partial charge < -0.3 is 10.2 Å². The predicted molar refractivity (Wildman–Crippen MR) is 67.8 cm³/mol.